The van der Waals surface area contributed by atoms with Gasteiger partial charge in [-0.05, 0) is 19.3 Å². The number of nitrogens with one attached hydrogen (secondary N) is 1. The van der Waals surface area contributed by atoms with Crippen molar-refractivity contribution in [1.82, 2.24) is 20.0 Å². The Morgan fingerprint density at radius 1 is 0.920 bits per heavy atom. The smallest absolute Gasteiger partial charge is 0.227 e. The standard InChI is InChI=1S/C19H34N4O2/c1-19(2,3)18(25)23-9-4-5-15(13-23)17(24)22-10-6-16(14-22)21-11-7-20-8-12-21/h15-16,20H,4-14H2,1-3H3. The number of rotatable bonds is 2. The molecule has 1 N–H and O–H groups in total. The van der Waals surface area contributed by atoms with Crippen molar-refractivity contribution in [2.24, 2.45) is 11.3 Å². The molecule has 3 heterocycles. The summed E-state index contributed by atoms with van der Waals surface area (Å²) in [5.74, 6) is 0.427. The highest BCUT2D eigenvalue weighted by Gasteiger charge is 2.37. The second kappa shape index (κ2) is 7.62. The van der Waals surface area contributed by atoms with Crippen molar-refractivity contribution in [3.05, 3.63) is 0 Å². The molecule has 2 amide bonds. The van der Waals surface area contributed by atoms with Gasteiger partial charge in [-0.3, -0.25) is 14.5 Å². The van der Waals surface area contributed by atoms with Crippen molar-refractivity contribution < 1.29 is 9.59 Å². The number of piperidine rings is 1. The lowest BCUT2D eigenvalue weighted by Crippen LogP contribution is -2.51. The zero-order chi connectivity index (χ0) is 18.0. The van der Waals surface area contributed by atoms with E-state index in [1.54, 1.807) is 0 Å². The van der Waals surface area contributed by atoms with E-state index in [9.17, 15) is 9.59 Å². The van der Waals surface area contributed by atoms with Gasteiger partial charge < -0.3 is 15.1 Å². The van der Waals surface area contributed by atoms with E-state index in [0.29, 0.717) is 12.6 Å². The first-order valence-electron chi connectivity index (χ1n) is 9.89. The Morgan fingerprint density at radius 3 is 2.32 bits per heavy atom. The van der Waals surface area contributed by atoms with Crippen molar-refractivity contribution in [1.29, 1.82) is 0 Å². The molecule has 0 aromatic rings. The predicted octanol–water partition coefficient (Wildman–Crippen LogP) is 0.777. The van der Waals surface area contributed by atoms with E-state index in [2.05, 4.69) is 15.1 Å². The molecule has 2 atom stereocenters. The molecule has 3 fully saturated rings. The summed E-state index contributed by atoms with van der Waals surface area (Å²) < 4.78 is 0. The zero-order valence-corrected chi connectivity index (χ0v) is 16.1. The Balaban J connectivity index is 1.55. The van der Waals surface area contributed by atoms with Crippen LogP contribution >= 0.6 is 0 Å². The van der Waals surface area contributed by atoms with Gasteiger partial charge in [0.1, 0.15) is 0 Å². The molecule has 25 heavy (non-hydrogen) atoms. The van der Waals surface area contributed by atoms with Crippen LogP contribution in [0.2, 0.25) is 0 Å². The second-order valence-corrected chi connectivity index (χ2v) is 8.85. The van der Waals surface area contributed by atoms with Gasteiger partial charge in [0, 0.05) is 63.8 Å². The molecule has 0 spiro atoms. The highest BCUT2D eigenvalue weighted by molar-refractivity contribution is 5.84. The Morgan fingerprint density at radius 2 is 1.64 bits per heavy atom. The number of carbonyl (C=O) groups excluding carboxylic acids is 2. The third-order valence-electron chi connectivity index (χ3n) is 5.84. The number of piperazine rings is 1. The Kier molecular flexibility index (Phi) is 5.68. The molecule has 0 aromatic heterocycles. The molecule has 6 nitrogen and oxygen atoms in total. The van der Waals surface area contributed by atoms with Gasteiger partial charge in [-0.15, -0.1) is 0 Å². The van der Waals surface area contributed by atoms with Crippen molar-refractivity contribution in [3.63, 3.8) is 0 Å². The summed E-state index contributed by atoms with van der Waals surface area (Å²) in [4.78, 5) is 32.1. The van der Waals surface area contributed by atoms with Crippen LogP contribution in [-0.4, -0.2) is 84.9 Å². The third kappa shape index (κ3) is 4.34. The Labute approximate surface area is 151 Å². The van der Waals surface area contributed by atoms with E-state index in [0.717, 1.165) is 65.1 Å². The number of amides is 2. The van der Waals surface area contributed by atoms with Crippen LogP contribution in [0.1, 0.15) is 40.0 Å². The average Bonchev–Trinajstić information content (AvgIpc) is 3.10. The fourth-order valence-corrected chi connectivity index (χ4v) is 4.38. The quantitative estimate of drug-likeness (QED) is 0.800. The summed E-state index contributed by atoms with van der Waals surface area (Å²) in [7, 11) is 0. The fraction of sp³-hybridized carbons (Fsp3) is 0.895. The monoisotopic (exact) mass is 350 g/mol. The largest absolute Gasteiger partial charge is 0.341 e. The van der Waals surface area contributed by atoms with Crippen molar-refractivity contribution >= 4 is 11.8 Å². The summed E-state index contributed by atoms with van der Waals surface area (Å²) in [6, 6.07) is 0.516. The molecule has 3 aliphatic heterocycles. The summed E-state index contributed by atoms with van der Waals surface area (Å²) in [6.07, 6.45) is 2.94. The van der Waals surface area contributed by atoms with Gasteiger partial charge in [0.05, 0.1) is 5.92 Å². The molecule has 3 aliphatic rings. The van der Waals surface area contributed by atoms with Gasteiger partial charge in [0.25, 0.3) is 0 Å². The van der Waals surface area contributed by atoms with E-state index in [1.807, 2.05) is 25.7 Å². The van der Waals surface area contributed by atoms with Crippen LogP contribution in [0.25, 0.3) is 0 Å². The van der Waals surface area contributed by atoms with Crippen LogP contribution in [0, 0.1) is 11.3 Å². The van der Waals surface area contributed by atoms with E-state index in [1.165, 1.54) is 0 Å². The van der Waals surface area contributed by atoms with E-state index < -0.39 is 0 Å². The average molecular weight is 351 g/mol. The van der Waals surface area contributed by atoms with Crippen LogP contribution in [0.15, 0.2) is 0 Å². The highest BCUT2D eigenvalue weighted by Crippen LogP contribution is 2.26. The lowest BCUT2D eigenvalue weighted by Gasteiger charge is -2.37. The van der Waals surface area contributed by atoms with E-state index >= 15 is 0 Å². The van der Waals surface area contributed by atoms with E-state index in [4.69, 9.17) is 0 Å². The molecular formula is C19H34N4O2. The minimum atomic E-state index is -0.369. The molecule has 6 heteroatoms. The number of likely N-dealkylation sites (tertiary alicyclic amines) is 2. The summed E-state index contributed by atoms with van der Waals surface area (Å²) in [5.41, 5.74) is -0.369. The molecule has 0 bridgehead atoms. The van der Waals surface area contributed by atoms with Crippen molar-refractivity contribution in [2.45, 2.75) is 46.1 Å². The summed E-state index contributed by atoms with van der Waals surface area (Å²) in [6.45, 7) is 13.3. The van der Waals surface area contributed by atoms with Crippen LogP contribution in [-0.2, 0) is 9.59 Å². The first-order chi connectivity index (χ1) is 11.9. The maximum Gasteiger partial charge on any atom is 0.227 e. The van der Waals surface area contributed by atoms with Gasteiger partial charge >= 0.3 is 0 Å². The molecule has 3 saturated heterocycles. The van der Waals surface area contributed by atoms with Crippen LogP contribution in [0.5, 0.6) is 0 Å². The highest BCUT2D eigenvalue weighted by atomic mass is 16.2. The Hall–Kier alpha value is -1.14. The molecule has 3 rings (SSSR count). The first-order valence-corrected chi connectivity index (χ1v) is 9.89. The summed E-state index contributed by atoms with van der Waals surface area (Å²) in [5, 5.41) is 3.39. The lowest BCUT2D eigenvalue weighted by molar-refractivity contribution is -0.145. The zero-order valence-electron chi connectivity index (χ0n) is 16.1. The third-order valence-corrected chi connectivity index (χ3v) is 5.84. The predicted molar refractivity (Wildman–Crippen MR) is 98.2 cm³/mol. The molecule has 0 saturated carbocycles. The van der Waals surface area contributed by atoms with Gasteiger partial charge in [-0.2, -0.15) is 0 Å². The molecule has 0 radical (unpaired) electrons. The maximum atomic E-state index is 13.0. The Bertz CT molecular complexity index is 496. The van der Waals surface area contributed by atoms with Crippen molar-refractivity contribution in [2.75, 3.05) is 52.4 Å². The molecule has 0 aromatic carbocycles. The number of nitrogens with zero attached hydrogens (tertiary/aromatic N) is 3. The minimum absolute atomic E-state index is 0.0122. The SMILES string of the molecule is CC(C)(C)C(=O)N1CCCC(C(=O)N2CCC(N3CCNCC3)C2)C1. The normalized spacial score (nSPS) is 29.1. The van der Waals surface area contributed by atoms with Gasteiger partial charge in [0.15, 0.2) is 0 Å². The van der Waals surface area contributed by atoms with Gasteiger partial charge in [-0.1, -0.05) is 20.8 Å². The second-order valence-electron chi connectivity index (χ2n) is 8.85. The van der Waals surface area contributed by atoms with Crippen LogP contribution < -0.4 is 5.32 Å². The van der Waals surface area contributed by atoms with Gasteiger partial charge in [0.2, 0.25) is 11.8 Å². The van der Waals surface area contributed by atoms with Gasteiger partial charge in [-0.25, -0.2) is 0 Å². The molecule has 0 aliphatic carbocycles. The van der Waals surface area contributed by atoms with Crippen molar-refractivity contribution in [3.8, 4) is 0 Å². The number of hydrogen-bond donors (Lipinski definition) is 1. The molecule has 2 unspecified atom stereocenters. The lowest BCUT2D eigenvalue weighted by atomic mass is 9.90. The summed E-state index contributed by atoms with van der Waals surface area (Å²) >= 11 is 0. The van der Waals surface area contributed by atoms with Crippen LogP contribution in [0.3, 0.4) is 0 Å². The number of hydrogen-bond acceptors (Lipinski definition) is 4. The topological polar surface area (TPSA) is 55.9 Å². The minimum Gasteiger partial charge on any atom is -0.341 e. The molecule has 142 valence electrons. The van der Waals surface area contributed by atoms with E-state index in [-0.39, 0.29) is 23.1 Å². The fourth-order valence-electron chi connectivity index (χ4n) is 4.38. The van der Waals surface area contributed by atoms with Crippen LogP contribution in [0.4, 0.5) is 0 Å². The molecular weight excluding hydrogens is 316 g/mol. The number of carbonyl (C=O) groups is 2. The maximum absolute atomic E-state index is 13.0. The first kappa shape index (κ1) is 18.6.